The highest BCUT2D eigenvalue weighted by atomic mass is 35.5. The second-order valence-electron chi connectivity index (χ2n) is 5.43. The number of ether oxygens (including phenoxy) is 2. The van der Waals surface area contributed by atoms with E-state index in [1.54, 1.807) is 26.5 Å². The zero-order valence-corrected chi connectivity index (χ0v) is 16.3. The van der Waals surface area contributed by atoms with E-state index in [2.05, 4.69) is 16.4 Å². The quantitative estimate of drug-likeness (QED) is 0.559. The fraction of sp³-hybridized carbons (Fsp3) is 0.100. The highest BCUT2D eigenvalue weighted by Gasteiger charge is 2.10. The van der Waals surface area contributed by atoms with Crippen molar-refractivity contribution in [2.45, 2.75) is 0 Å². The first kappa shape index (κ1) is 18.8. The molecule has 0 bridgehead atoms. The number of nitriles is 1. The van der Waals surface area contributed by atoms with Gasteiger partial charge in [-0.2, -0.15) is 5.26 Å². The third-order valence-electron chi connectivity index (χ3n) is 3.78. The summed E-state index contributed by atoms with van der Waals surface area (Å²) in [5, 5.41) is 15.8. The number of allylic oxidation sites excluding steroid dienone is 1. The van der Waals surface area contributed by atoms with Crippen molar-refractivity contribution in [1.29, 1.82) is 5.26 Å². The summed E-state index contributed by atoms with van der Waals surface area (Å²) in [5.74, 6) is 1.30. The van der Waals surface area contributed by atoms with Gasteiger partial charge in [-0.1, -0.05) is 23.7 Å². The number of hydrogen-bond donors (Lipinski definition) is 1. The number of anilines is 1. The van der Waals surface area contributed by atoms with Gasteiger partial charge in [-0.25, -0.2) is 4.98 Å². The maximum atomic E-state index is 9.52. The zero-order chi connectivity index (χ0) is 19.2. The van der Waals surface area contributed by atoms with E-state index in [0.717, 1.165) is 16.9 Å². The third-order valence-corrected chi connectivity index (χ3v) is 4.90. The van der Waals surface area contributed by atoms with Gasteiger partial charge in [-0.15, -0.1) is 11.3 Å². The predicted octanol–water partition coefficient (Wildman–Crippen LogP) is 5.46. The largest absolute Gasteiger partial charge is 0.497 e. The van der Waals surface area contributed by atoms with Crippen molar-refractivity contribution in [3.05, 3.63) is 64.1 Å². The Bertz CT molecular complexity index is 1010. The molecule has 5 nitrogen and oxygen atoms in total. The number of thiazole rings is 1. The van der Waals surface area contributed by atoms with Crippen LogP contribution in [0.3, 0.4) is 0 Å². The van der Waals surface area contributed by atoms with Gasteiger partial charge in [0, 0.05) is 28.2 Å². The first-order valence-electron chi connectivity index (χ1n) is 7.95. The molecule has 0 spiro atoms. The molecule has 0 saturated heterocycles. The molecule has 0 saturated carbocycles. The van der Waals surface area contributed by atoms with Gasteiger partial charge in [0.25, 0.3) is 0 Å². The van der Waals surface area contributed by atoms with Crippen molar-refractivity contribution in [1.82, 2.24) is 4.98 Å². The number of halogens is 1. The van der Waals surface area contributed by atoms with E-state index in [1.807, 2.05) is 41.8 Å². The van der Waals surface area contributed by atoms with Crippen molar-refractivity contribution >= 4 is 34.2 Å². The van der Waals surface area contributed by atoms with Crippen LogP contribution in [0.2, 0.25) is 5.02 Å². The van der Waals surface area contributed by atoms with Crippen LogP contribution in [0.4, 0.5) is 5.69 Å². The van der Waals surface area contributed by atoms with Crippen molar-refractivity contribution in [2.24, 2.45) is 0 Å². The average molecular weight is 398 g/mol. The molecule has 0 radical (unpaired) electrons. The zero-order valence-electron chi connectivity index (χ0n) is 14.7. The number of nitrogens with one attached hydrogen (secondary N) is 1. The standard InChI is InChI=1S/C20H16ClN3O2S/c1-25-16-7-8-17(19(9-16)26-2)23-11-14(10-22)20-24-18(12-27-20)13-3-5-15(21)6-4-13/h3-9,11-12,23H,1-2H3. The van der Waals surface area contributed by atoms with E-state index in [1.165, 1.54) is 11.3 Å². The minimum Gasteiger partial charge on any atom is -0.497 e. The minimum absolute atomic E-state index is 0.429. The van der Waals surface area contributed by atoms with Gasteiger partial charge in [0.2, 0.25) is 0 Å². The SMILES string of the molecule is COc1ccc(NC=C(C#N)c2nc(-c3ccc(Cl)cc3)cs2)c(OC)c1. The Morgan fingerprint density at radius 2 is 1.96 bits per heavy atom. The van der Waals surface area contributed by atoms with Gasteiger partial charge in [-0.3, -0.25) is 0 Å². The van der Waals surface area contributed by atoms with Crippen LogP contribution in [0.1, 0.15) is 5.01 Å². The van der Waals surface area contributed by atoms with Crippen LogP contribution in [-0.2, 0) is 0 Å². The summed E-state index contributed by atoms with van der Waals surface area (Å²) >= 11 is 7.33. The maximum absolute atomic E-state index is 9.52. The number of aromatic nitrogens is 1. The number of benzene rings is 2. The average Bonchev–Trinajstić information content (AvgIpc) is 3.19. The Kier molecular flexibility index (Phi) is 5.97. The summed E-state index contributed by atoms with van der Waals surface area (Å²) in [7, 11) is 3.17. The van der Waals surface area contributed by atoms with E-state index >= 15 is 0 Å². The number of methoxy groups -OCH3 is 2. The Morgan fingerprint density at radius 3 is 2.63 bits per heavy atom. The van der Waals surface area contributed by atoms with Gasteiger partial charge >= 0.3 is 0 Å². The molecule has 0 aliphatic carbocycles. The topological polar surface area (TPSA) is 67.2 Å². The fourth-order valence-electron chi connectivity index (χ4n) is 2.36. The fourth-order valence-corrected chi connectivity index (χ4v) is 3.28. The highest BCUT2D eigenvalue weighted by molar-refractivity contribution is 7.11. The monoisotopic (exact) mass is 397 g/mol. The second-order valence-corrected chi connectivity index (χ2v) is 6.72. The number of nitrogens with zero attached hydrogens (tertiary/aromatic N) is 2. The number of rotatable bonds is 6. The van der Waals surface area contributed by atoms with Gasteiger partial charge in [-0.05, 0) is 24.3 Å². The molecule has 2 aromatic carbocycles. The molecule has 1 N–H and O–H groups in total. The summed E-state index contributed by atoms with van der Waals surface area (Å²) in [6, 6.07) is 15.0. The minimum atomic E-state index is 0.429. The lowest BCUT2D eigenvalue weighted by Gasteiger charge is -2.10. The molecule has 0 amide bonds. The summed E-state index contributed by atoms with van der Waals surface area (Å²) in [6.45, 7) is 0. The van der Waals surface area contributed by atoms with E-state index in [9.17, 15) is 5.26 Å². The van der Waals surface area contributed by atoms with Gasteiger partial charge in [0.1, 0.15) is 28.1 Å². The van der Waals surface area contributed by atoms with Crippen molar-refractivity contribution in [3.8, 4) is 28.8 Å². The summed E-state index contributed by atoms with van der Waals surface area (Å²) in [6.07, 6.45) is 1.62. The van der Waals surface area contributed by atoms with E-state index in [0.29, 0.717) is 27.1 Å². The Labute approximate surface area is 166 Å². The van der Waals surface area contributed by atoms with Gasteiger partial charge in [0.15, 0.2) is 0 Å². The smallest absolute Gasteiger partial charge is 0.145 e. The molecule has 3 aromatic rings. The molecule has 27 heavy (non-hydrogen) atoms. The molecule has 0 aliphatic rings. The lowest BCUT2D eigenvalue weighted by molar-refractivity contribution is 0.395. The number of hydrogen-bond acceptors (Lipinski definition) is 6. The van der Waals surface area contributed by atoms with Gasteiger partial charge in [0.05, 0.1) is 25.6 Å². The lowest BCUT2D eigenvalue weighted by atomic mass is 10.2. The van der Waals surface area contributed by atoms with E-state index < -0.39 is 0 Å². The first-order chi connectivity index (χ1) is 13.1. The first-order valence-corrected chi connectivity index (χ1v) is 9.21. The van der Waals surface area contributed by atoms with E-state index in [4.69, 9.17) is 21.1 Å². The van der Waals surface area contributed by atoms with Crippen LogP contribution in [0.5, 0.6) is 11.5 Å². The molecule has 0 unspecified atom stereocenters. The maximum Gasteiger partial charge on any atom is 0.145 e. The summed E-state index contributed by atoms with van der Waals surface area (Å²) < 4.78 is 10.5. The molecule has 7 heteroatoms. The summed E-state index contributed by atoms with van der Waals surface area (Å²) in [4.78, 5) is 4.56. The predicted molar refractivity (Wildman–Crippen MR) is 109 cm³/mol. The normalized spacial score (nSPS) is 11.0. The van der Waals surface area contributed by atoms with Crippen LogP contribution in [-0.4, -0.2) is 19.2 Å². The van der Waals surface area contributed by atoms with E-state index in [-0.39, 0.29) is 0 Å². The molecular weight excluding hydrogens is 382 g/mol. The Hall–Kier alpha value is -3.01. The van der Waals surface area contributed by atoms with Crippen LogP contribution in [0.15, 0.2) is 54.0 Å². The lowest BCUT2D eigenvalue weighted by Crippen LogP contribution is -1.95. The van der Waals surface area contributed by atoms with Crippen molar-refractivity contribution < 1.29 is 9.47 Å². The van der Waals surface area contributed by atoms with Crippen LogP contribution in [0.25, 0.3) is 16.8 Å². The van der Waals surface area contributed by atoms with Crippen molar-refractivity contribution in [3.63, 3.8) is 0 Å². The highest BCUT2D eigenvalue weighted by Crippen LogP contribution is 2.30. The molecule has 3 rings (SSSR count). The van der Waals surface area contributed by atoms with Crippen molar-refractivity contribution in [2.75, 3.05) is 19.5 Å². The third kappa shape index (κ3) is 4.40. The molecule has 0 aliphatic heterocycles. The Morgan fingerprint density at radius 1 is 1.19 bits per heavy atom. The molecule has 1 heterocycles. The molecule has 1 aromatic heterocycles. The van der Waals surface area contributed by atoms with Crippen LogP contribution < -0.4 is 14.8 Å². The molecule has 0 atom stereocenters. The van der Waals surface area contributed by atoms with Crippen LogP contribution in [0, 0.1) is 11.3 Å². The molecule has 136 valence electrons. The second kappa shape index (κ2) is 8.58. The Balaban J connectivity index is 1.83. The van der Waals surface area contributed by atoms with Crippen LogP contribution >= 0.6 is 22.9 Å². The summed E-state index contributed by atoms with van der Waals surface area (Å²) in [5.41, 5.74) is 2.90. The molecule has 0 fully saturated rings. The van der Waals surface area contributed by atoms with Gasteiger partial charge < -0.3 is 14.8 Å². The molecular formula is C20H16ClN3O2S.